The highest BCUT2D eigenvalue weighted by molar-refractivity contribution is 5.82. The Labute approximate surface area is 118 Å². The molecular weight excluding hydrogens is 255 g/mol. The monoisotopic (exact) mass is 272 g/mol. The minimum Gasteiger partial charge on any atom is -0.468 e. The highest BCUT2D eigenvalue weighted by Crippen LogP contribution is 2.29. The van der Waals surface area contributed by atoms with E-state index in [1.54, 1.807) is 26.0 Å². The molecule has 104 valence electrons. The number of carbonyl (C=O) groups is 1. The van der Waals surface area contributed by atoms with Crippen molar-refractivity contribution in [2.75, 3.05) is 7.11 Å². The van der Waals surface area contributed by atoms with Crippen molar-refractivity contribution >= 4 is 5.97 Å². The summed E-state index contributed by atoms with van der Waals surface area (Å²) in [5.74, 6) is -0.727. The van der Waals surface area contributed by atoms with Crippen molar-refractivity contribution in [2.45, 2.75) is 19.3 Å². The maximum atomic E-state index is 14.3. The van der Waals surface area contributed by atoms with Crippen LogP contribution in [0.4, 0.5) is 4.39 Å². The molecule has 20 heavy (non-hydrogen) atoms. The number of rotatable bonds is 3. The van der Waals surface area contributed by atoms with Crippen LogP contribution in [-0.2, 0) is 14.9 Å². The van der Waals surface area contributed by atoms with Crippen LogP contribution in [0.2, 0.25) is 0 Å². The molecule has 0 aliphatic carbocycles. The summed E-state index contributed by atoms with van der Waals surface area (Å²) in [6, 6.07) is 14.2. The van der Waals surface area contributed by atoms with Crippen LogP contribution in [0.3, 0.4) is 0 Å². The van der Waals surface area contributed by atoms with Crippen LogP contribution in [0.15, 0.2) is 48.5 Å². The zero-order valence-electron chi connectivity index (χ0n) is 11.8. The van der Waals surface area contributed by atoms with Gasteiger partial charge in [0.2, 0.25) is 0 Å². The molecule has 0 aliphatic rings. The van der Waals surface area contributed by atoms with Gasteiger partial charge >= 0.3 is 5.97 Å². The van der Waals surface area contributed by atoms with E-state index >= 15 is 0 Å². The number of halogens is 1. The number of methoxy groups -OCH3 is 1. The van der Waals surface area contributed by atoms with Crippen LogP contribution in [0.5, 0.6) is 0 Å². The van der Waals surface area contributed by atoms with Gasteiger partial charge in [-0.2, -0.15) is 0 Å². The Bertz CT molecular complexity index is 618. The molecule has 0 fully saturated rings. The molecule has 0 aliphatic heterocycles. The molecule has 0 unspecified atom stereocenters. The quantitative estimate of drug-likeness (QED) is 0.791. The minimum atomic E-state index is -0.870. The Balaban J connectivity index is 2.43. The van der Waals surface area contributed by atoms with Crippen molar-refractivity contribution in [3.05, 3.63) is 59.9 Å². The first-order valence-electron chi connectivity index (χ1n) is 6.40. The maximum absolute atomic E-state index is 14.3. The summed E-state index contributed by atoms with van der Waals surface area (Å²) in [7, 11) is 1.33. The van der Waals surface area contributed by atoms with Gasteiger partial charge in [-0.25, -0.2) is 4.39 Å². The second-order valence-corrected chi connectivity index (χ2v) is 5.18. The standard InChI is InChI=1S/C17H17FO2/c1-17(2,16(19)20-3)13-9-10-14(15(18)11-13)12-7-5-4-6-8-12/h4-11H,1-3H3. The van der Waals surface area contributed by atoms with Crippen molar-refractivity contribution in [3.63, 3.8) is 0 Å². The average molecular weight is 272 g/mol. The van der Waals surface area contributed by atoms with Crippen molar-refractivity contribution in [2.24, 2.45) is 0 Å². The number of hydrogen-bond acceptors (Lipinski definition) is 2. The lowest BCUT2D eigenvalue weighted by Crippen LogP contribution is -2.30. The van der Waals surface area contributed by atoms with Gasteiger partial charge in [-0.3, -0.25) is 4.79 Å². The third kappa shape index (κ3) is 2.57. The largest absolute Gasteiger partial charge is 0.468 e. The van der Waals surface area contributed by atoms with E-state index < -0.39 is 5.41 Å². The molecule has 2 nitrogen and oxygen atoms in total. The van der Waals surface area contributed by atoms with Crippen LogP contribution in [0, 0.1) is 5.82 Å². The Morgan fingerprint density at radius 1 is 1.10 bits per heavy atom. The number of ether oxygens (including phenoxy) is 1. The first-order chi connectivity index (χ1) is 9.46. The Morgan fingerprint density at radius 3 is 2.30 bits per heavy atom. The molecule has 0 atom stereocenters. The Kier molecular flexibility index (Phi) is 3.89. The lowest BCUT2D eigenvalue weighted by molar-refractivity contribution is -0.146. The predicted molar refractivity (Wildman–Crippen MR) is 76.9 cm³/mol. The second kappa shape index (κ2) is 5.45. The van der Waals surface area contributed by atoms with Gasteiger partial charge in [0.15, 0.2) is 0 Å². The van der Waals surface area contributed by atoms with Gasteiger partial charge in [-0.05, 0) is 31.0 Å². The number of hydrogen-bond donors (Lipinski definition) is 0. The maximum Gasteiger partial charge on any atom is 0.315 e. The highest BCUT2D eigenvalue weighted by atomic mass is 19.1. The number of benzene rings is 2. The molecule has 2 rings (SSSR count). The van der Waals surface area contributed by atoms with E-state index in [9.17, 15) is 9.18 Å². The highest BCUT2D eigenvalue weighted by Gasteiger charge is 2.31. The van der Waals surface area contributed by atoms with Crippen LogP contribution in [-0.4, -0.2) is 13.1 Å². The van der Waals surface area contributed by atoms with Crippen molar-refractivity contribution in [1.29, 1.82) is 0 Å². The Morgan fingerprint density at radius 2 is 1.75 bits per heavy atom. The first-order valence-corrected chi connectivity index (χ1v) is 6.40. The third-order valence-corrected chi connectivity index (χ3v) is 3.47. The zero-order valence-corrected chi connectivity index (χ0v) is 11.8. The van der Waals surface area contributed by atoms with Gasteiger partial charge in [0.1, 0.15) is 5.82 Å². The molecular formula is C17H17FO2. The van der Waals surface area contributed by atoms with Gasteiger partial charge in [0.05, 0.1) is 12.5 Å². The third-order valence-electron chi connectivity index (χ3n) is 3.47. The second-order valence-electron chi connectivity index (χ2n) is 5.18. The van der Waals surface area contributed by atoms with Crippen LogP contribution < -0.4 is 0 Å². The number of carbonyl (C=O) groups excluding carboxylic acids is 1. The summed E-state index contributed by atoms with van der Waals surface area (Å²) < 4.78 is 19.0. The molecule has 0 heterocycles. The molecule has 0 radical (unpaired) electrons. The van der Waals surface area contributed by atoms with Gasteiger partial charge in [-0.15, -0.1) is 0 Å². The summed E-state index contributed by atoms with van der Waals surface area (Å²) in [4.78, 5) is 11.8. The van der Waals surface area contributed by atoms with E-state index in [2.05, 4.69) is 0 Å². The Hall–Kier alpha value is -2.16. The van der Waals surface area contributed by atoms with E-state index in [4.69, 9.17) is 4.74 Å². The molecule has 0 spiro atoms. The number of esters is 1. The van der Waals surface area contributed by atoms with Crippen molar-refractivity contribution < 1.29 is 13.9 Å². The fourth-order valence-corrected chi connectivity index (χ4v) is 2.13. The van der Waals surface area contributed by atoms with E-state index in [1.807, 2.05) is 30.3 Å². The molecule has 0 aromatic heterocycles. The molecule has 0 bridgehead atoms. The summed E-state index contributed by atoms with van der Waals surface area (Å²) in [6.07, 6.45) is 0. The normalized spacial score (nSPS) is 11.2. The summed E-state index contributed by atoms with van der Waals surface area (Å²) in [5, 5.41) is 0. The molecule has 0 amide bonds. The predicted octanol–water partition coefficient (Wildman–Crippen LogP) is 3.94. The minimum absolute atomic E-state index is 0.342. The topological polar surface area (TPSA) is 26.3 Å². The molecule has 0 saturated carbocycles. The van der Waals surface area contributed by atoms with Gasteiger partial charge in [0.25, 0.3) is 0 Å². The lowest BCUT2D eigenvalue weighted by Gasteiger charge is -2.22. The van der Waals surface area contributed by atoms with Crippen LogP contribution in [0.1, 0.15) is 19.4 Å². The van der Waals surface area contributed by atoms with Crippen LogP contribution in [0.25, 0.3) is 11.1 Å². The summed E-state index contributed by atoms with van der Waals surface area (Å²) in [5.41, 5.74) is 1.06. The zero-order chi connectivity index (χ0) is 14.8. The fraction of sp³-hybridized carbons (Fsp3) is 0.235. The molecule has 0 saturated heterocycles. The van der Waals surface area contributed by atoms with E-state index in [0.717, 1.165) is 5.56 Å². The lowest BCUT2D eigenvalue weighted by atomic mass is 9.84. The van der Waals surface area contributed by atoms with Gasteiger partial charge < -0.3 is 4.74 Å². The molecule has 2 aromatic carbocycles. The molecule has 0 N–H and O–H groups in total. The molecule has 2 aromatic rings. The van der Waals surface area contributed by atoms with E-state index in [-0.39, 0.29) is 11.8 Å². The van der Waals surface area contributed by atoms with E-state index in [1.165, 1.54) is 13.2 Å². The van der Waals surface area contributed by atoms with Crippen molar-refractivity contribution in [1.82, 2.24) is 0 Å². The van der Waals surface area contributed by atoms with Crippen LogP contribution >= 0.6 is 0 Å². The van der Waals surface area contributed by atoms with E-state index in [0.29, 0.717) is 11.1 Å². The SMILES string of the molecule is COC(=O)C(C)(C)c1ccc(-c2ccccc2)c(F)c1. The smallest absolute Gasteiger partial charge is 0.315 e. The fourth-order valence-electron chi connectivity index (χ4n) is 2.13. The first kappa shape index (κ1) is 14.3. The van der Waals surface area contributed by atoms with Gasteiger partial charge in [-0.1, -0.05) is 42.5 Å². The summed E-state index contributed by atoms with van der Waals surface area (Å²) >= 11 is 0. The van der Waals surface area contributed by atoms with Gasteiger partial charge in [0, 0.05) is 5.56 Å². The van der Waals surface area contributed by atoms with Crippen molar-refractivity contribution in [3.8, 4) is 11.1 Å². The summed E-state index contributed by atoms with van der Waals surface area (Å²) in [6.45, 7) is 3.44. The molecule has 3 heteroatoms. The average Bonchev–Trinajstić information content (AvgIpc) is 2.47.